The first-order chi connectivity index (χ1) is 9.66. The van der Waals surface area contributed by atoms with Gasteiger partial charge in [-0.05, 0) is 18.8 Å². The molecule has 20 heavy (non-hydrogen) atoms. The van der Waals surface area contributed by atoms with Gasteiger partial charge in [0.25, 0.3) is 0 Å². The van der Waals surface area contributed by atoms with Crippen LogP contribution >= 0.6 is 0 Å². The molecule has 2 rings (SSSR count). The molecule has 0 aromatic heterocycles. The van der Waals surface area contributed by atoms with Gasteiger partial charge in [0.1, 0.15) is 0 Å². The van der Waals surface area contributed by atoms with E-state index < -0.39 is 5.91 Å². The lowest BCUT2D eigenvalue weighted by Crippen LogP contribution is -2.49. The Labute approximate surface area is 120 Å². The first-order valence-corrected chi connectivity index (χ1v) is 7.67. The summed E-state index contributed by atoms with van der Waals surface area (Å²) in [5, 5.41) is 6.03. The molecule has 0 saturated carbocycles. The summed E-state index contributed by atoms with van der Waals surface area (Å²) in [6.07, 6.45) is 2.00. The summed E-state index contributed by atoms with van der Waals surface area (Å²) in [5.41, 5.74) is 0. The quantitative estimate of drug-likeness (QED) is 0.670. The van der Waals surface area contributed by atoms with Crippen LogP contribution in [0, 0.1) is 5.92 Å². The molecule has 6 nitrogen and oxygen atoms in total. The van der Waals surface area contributed by atoms with Crippen molar-refractivity contribution in [3.63, 3.8) is 0 Å². The normalized spacial score (nSPS) is 21.8. The van der Waals surface area contributed by atoms with Gasteiger partial charge in [-0.15, -0.1) is 0 Å². The molecule has 2 N–H and O–H groups in total. The number of hydrogen-bond acceptors (Lipinski definition) is 4. The van der Waals surface area contributed by atoms with Crippen LogP contribution < -0.4 is 10.6 Å². The Bertz CT molecular complexity index is 334. The highest BCUT2D eigenvalue weighted by Crippen LogP contribution is 2.15. The molecule has 0 radical (unpaired) electrons. The summed E-state index contributed by atoms with van der Waals surface area (Å²) in [6.45, 7) is 9.00. The van der Waals surface area contributed by atoms with E-state index in [1.807, 2.05) is 0 Å². The zero-order chi connectivity index (χ0) is 14.4. The van der Waals surface area contributed by atoms with Gasteiger partial charge in [-0.3, -0.25) is 14.5 Å². The zero-order valence-electron chi connectivity index (χ0n) is 12.4. The summed E-state index contributed by atoms with van der Waals surface area (Å²) in [6, 6.07) is 0. The first kappa shape index (κ1) is 15.3. The lowest BCUT2D eigenvalue weighted by molar-refractivity contribution is -0.146. The van der Waals surface area contributed by atoms with Crippen LogP contribution in [0.15, 0.2) is 0 Å². The molecule has 2 aliphatic heterocycles. The van der Waals surface area contributed by atoms with Gasteiger partial charge in [-0.25, -0.2) is 0 Å². The molecule has 0 unspecified atom stereocenters. The van der Waals surface area contributed by atoms with E-state index in [1.54, 1.807) is 4.90 Å². The van der Waals surface area contributed by atoms with Gasteiger partial charge in [0, 0.05) is 52.4 Å². The van der Waals surface area contributed by atoms with Crippen LogP contribution in [0.2, 0.25) is 0 Å². The summed E-state index contributed by atoms with van der Waals surface area (Å²) in [5.74, 6) is -0.151. The molecule has 2 fully saturated rings. The standard InChI is InChI=1S/C14H26N4O2/c1-12-2-7-18(8-3-12)14(20)13(19)16-6-11-17-9-4-15-5-10-17/h12,15H,2-11H2,1H3,(H,16,19). The van der Waals surface area contributed by atoms with E-state index in [1.165, 1.54) is 0 Å². The molecule has 0 spiro atoms. The molecule has 6 heteroatoms. The molecule has 0 aromatic rings. The van der Waals surface area contributed by atoms with Gasteiger partial charge in [0.2, 0.25) is 0 Å². The molecule has 114 valence electrons. The molecular weight excluding hydrogens is 256 g/mol. The molecular formula is C14H26N4O2. The molecule has 0 atom stereocenters. The van der Waals surface area contributed by atoms with Crippen molar-refractivity contribution in [3.05, 3.63) is 0 Å². The average molecular weight is 282 g/mol. The second-order valence-electron chi connectivity index (χ2n) is 5.82. The largest absolute Gasteiger partial charge is 0.347 e. The van der Waals surface area contributed by atoms with Gasteiger partial charge in [-0.1, -0.05) is 6.92 Å². The van der Waals surface area contributed by atoms with E-state index in [2.05, 4.69) is 22.5 Å². The smallest absolute Gasteiger partial charge is 0.311 e. The Morgan fingerprint density at radius 3 is 2.45 bits per heavy atom. The van der Waals surface area contributed by atoms with Crippen molar-refractivity contribution in [1.29, 1.82) is 0 Å². The van der Waals surface area contributed by atoms with Gasteiger partial charge >= 0.3 is 11.8 Å². The Morgan fingerprint density at radius 2 is 1.80 bits per heavy atom. The minimum absolute atomic E-state index is 0.364. The van der Waals surface area contributed by atoms with Crippen molar-refractivity contribution in [2.45, 2.75) is 19.8 Å². The van der Waals surface area contributed by atoms with E-state index in [9.17, 15) is 9.59 Å². The minimum atomic E-state index is -0.449. The Morgan fingerprint density at radius 1 is 1.15 bits per heavy atom. The highest BCUT2D eigenvalue weighted by atomic mass is 16.2. The van der Waals surface area contributed by atoms with Crippen LogP contribution in [-0.4, -0.2) is 74.0 Å². The first-order valence-electron chi connectivity index (χ1n) is 7.67. The number of hydrogen-bond donors (Lipinski definition) is 2. The number of carbonyl (C=O) groups excluding carboxylic acids is 2. The number of rotatable bonds is 3. The highest BCUT2D eigenvalue weighted by molar-refractivity contribution is 6.35. The average Bonchev–Trinajstić information content (AvgIpc) is 2.48. The Hall–Kier alpha value is -1.14. The third-order valence-corrected chi connectivity index (χ3v) is 4.19. The predicted octanol–water partition coefficient (Wildman–Crippen LogP) is -0.734. The number of amides is 2. The van der Waals surface area contributed by atoms with E-state index in [0.717, 1.165) is 45.6 Å². The number of carbonyl (C=O) groups is 2. The lowest BCUT2D eigenvalue weighted by Gasteiger charge is -2.30. The van der Waals surface area contributed by atoms with E-state index in [-0.39, 0.29) is 5.91 Å². The second kappa shape index (κ2) is 7.59. The fourth-order valence-corrected chi connectivity index (χ4v) is 2.69. The number of nitrogens with one attached hydrogen (secondary N) is 2. The Kier molecular flexibility index (Phi) is 5.79. The van der Waals surface area contributed by atoms with E-state index in [0.29, 0.717) is 25.6 Å². The van der Waals surface area contributed by atoms with Crippen molar-refractivity contribution < 1.29 is 9.59 Å². The van der Waals surface area contributed by atoms with Crippen LogP contribution in [-0.2, 0) is 9.59 Å². The van der Waals surface area contributed by atoms with Crippen LogP contribution in [0.25, 0.3) is 0 Å². The van der Waals surface area contributed by atoms with Crippen LogP contribution in [0.3, 0.4) is 0 Å². The summed E-state index contributed by atoms with van der Waals surface area (Å²) >= 11 is 0. The maximum Gasteiger partial charge on any atom is 0.311 e. The molecule has 0 aromatic carbocycles. The van der Waals surface area contributed by atoms with Gasteiger partial charge in [-0.2, -0.15) is 0 Å². The van der Waals surface area contributed by atoms with E-state index >= 15 is 0 Å². The van der Waals surface area contributed by atoms with Crippen molar-refractivity contribution in [3.8, 4) is 0 Å². The molecule has 2 aliphatic rings. The van der Waals surface area contributed by atoms with E-state index in [4.69, 9.17) is 0 Å². The second-order valence-corrected chi connectivity index (χ2v) is 5.82. The minimum Gasteiger partial charge on any atom is -0.347 e. The summed E-state index contributed by atoms with van der Waals surface area (Å²) < 4.78 is 0. The van der Waals surface area contributed by atoms with Crippen LogP contribution in [0.4, 0.5) is 0 Å². The number of piperazine rings is 1. The lowest BCUT2D eigenvalue weighted by atomic mass is 9.99. The van der Waals surface area contributed by atoms with Gasteiger partial charge < -0.3 is 15.5 Å². The SMILES string of the molecule is CC1CCN(C(=O)C(=O)NCCN2CCNCC2)CC1. The third-order valence-electron chi connectivity index (χ3n) is 4.19. The fraction of sp³-hybridized carbons (Fsp3) is 0.857. The predicted molar refractivity (Wildman–Crippen MR) is 77.3 cm³/mol. The maximum absolute atomic E-state index is 12.0. The Balaban J connectivity index is 1.64. The molecule has 2 saturated heterocycles. The third kappa shape index (κ3) is 4.45. The van der Waals surface area contributed by atoms with Crippen molar-refractivity contribution >= 4 is 11.8 Å². The highest BCUT2D eigenvalue weighted by Gasteiger charge is 2.25. The maximum atomic E-state index is 12.0. The number of likely N-dealkylation sites (tertiary alicyclic amines) is 1. The van der Waals surface area contributed by atoms with Crippen molar-refractivity contribution in [2.75, 3.05) is 52.4 Å². The van der Waals surface area contributed by atoms with Crippen molar-refractivity contribution in [1.82, 2.24) is 20.4 Å². The number of nitrogens with zero attached hydrogens (tertiary/aromatic N) is 2. The summed E-state index contributed by atoms with van der Waals surface area (Å²) in [7, 11) is 0. The summed E-state index contributed by atoms with van der Waals surface area (Å²) in [4.78, 5) is 27.8. The van der Waals surface area contributed by atoms with Crippen molar-refractivity contribution in [2.24, 2.45) is 5.92 Å². The molecule has 0 aliphatic carbocycles. The monoisotopic (exact) mass is 282 g/mol. The zero-order valence-corrected chi connectivity index (χ0v) is 12.4. The van der Waals surface area contributed by atoms with Gasteiger partial charge in [0.05, 0.1) is 0 Å². The van der Waals surface area contributed by atoms with Crippen LogP contribution in [0.5, 0.6) is 0 Å². The fourth-order valence-electron chi connectivity index (χ4n) is 2.69. The number of piperidine rings is 1. The molecule has 2 amide bonds. The molecule has 2 heterocycles. The van der Waals surface area contributed by atoms with Crippen LogP contribution in [0.1, 0.15) is 19.8 Å². The topological polar surface area (TPSA) is 64.7 Å². The molecule has 0 bridgehead atoms. The van der Waals surface area contributed by atoms with Gasteiger partial charge in [0.15, 0.2) is 0 Å².